The molecular formula is C13H14F2O. The molecule has 2 unspecified atom stereocenters. The Bertz CT molecular complexity index is 440. The summed E-state index contributed by atoms with van der Waals surface area (Å²) in [7, 11) is 0. The lowest BCUT2D eigenvalue weighted by Gasteiger charge is -2.16. The van der Waals surface area contributed by atoms with Crippen LogP contribution < -0.4 is 0 Å². The SMILES string of the molecule is Cc1ccc(C2CCC(=O)C2C)c(F)c1F. The molecule has 3 heteroatoms. The van der Waals surface area contributed by atoms with Crippen molar-refractivity contribution in [1.29, 1.82) is 0 Å². The van der Waals surface area contributed by atoms with Crippen LogP contribution in [0.2, 0.25) is 0 Å². The van der Waals surface area contributed by atoms with E-state index in [4.69, 9.17) is 0 Å². The minimum Gasteiger partial charge on any atom is -0.299 e. The Labute approximate surface area is 93.5 Å². The third-order valence-corrected chi connectivity index (χ3v) is 3.52. The van der Waals surface area contributed by atoms with Crippen molar-refractivity contribution >= 4 is 5.78 Å². The molecule has 0 radical (unpaired) electrons. The summed E-state index contributed by atoms with van der Waals surface area (Å²) in [6.45, 7) is 3.32. The maximum Gasteiger partial charge on any atom is 0.162 e. The van der Waals surface area contributed by atoms with Crippen LogP contribution in [0.5, 0.6) is 0 Å². The number of rotatable bonds is 1. The Morgan fingerprint density at radius 1 is 1.25 bits per heavy atom. The zero-order valence-corrected chi connectivity index (χ0v) is 9.39. The second-order valence-corrected chi connectivity index (χ2v) is 4.50. The highest BCUT2D eigenvalue weighted by Gasteiger charge is 2.34. The first-order valence-corrected chi connectivity index (χ1v) is 5.49. The molecule has 1 aromatic carbocycles. The third kappa shape index (κ3) is 1.64. The highest BCUT2D eigenvalue weighted by Crippen LogP contribution is 2.38. The molecule has 1 aromatic rings. The summed E-state index contributed by atoms with van der Waals surface area (Å²) in [6.07, 6.45) is 1.10. The molecule has 1 nitrogen and oxygen atoms in total. The van der Waals surface area contributed by atoms with Gasteiger partial charge >= 0.3 is 0 Å². The first-order chi connectivity index (χ1) is 7.52. The molecule has 16 heavy (non-hydrogen) atoms. The maximum absolute atomic E-state index is 13.7. The third-order valence-electron chi connectivity index (χ3n) is 3.52. The first kappa shape index (κ1) is 11.2. The van der Waals surface area contributed by atoms with Crippen molar-refractivity contribution in [2.75, 3.05) is 0 Å². The molecule has 0 heterocycles. The van der Waals surface area contributed by atoms with E-state index in [0.29, 0.717) is 24.0 Å². The second-order valence-electron chi connectivity index (χ2n) is 4.50. The molecule has 0 aromatic heterocycles. The number of halogens is 2. The fraction of sp³-hybridized carbons (Fsp3) is 0.462. The molecule has 2 atom stereocenters. The monoisotopic (exact) mass is 224 g/mol. The fourth-order valence-electron chi connectivity index (χ4n) is 2.37. The lowest BCUT2D eigenvalue weighted by Crippen LogP contribution is -2.11. The number of hydrogen-bond donors (Lipinski definition) is 0. The molecule has 2 rings (SSSR count). The van der Waals surface area contributed by atoms with Crippen molar-refractivity contribution in [2.24, 2.45) is 5.92 Å². The second kappa shape index (κ2) is 3.96. The molecule has 0 aliphatic heterocycles. The smallest absolute Gasteiger partial charge is 0.162 e. The predicted molar refractivity (Wildman–Crippen MR) is 57.2 cm³/mol. The van der Waals surface area contributed by atoms with Crippen LogP contribution in [-0.2, 0) is 4.79 Å². The number of carbonyl (C=O) groups excluding carboxylic acids is 1. The number of carbonyl (C=O) groups is 1. The zero-order chi connectivity index (χ0) is 11.9. The van der Waals surface area contributed by atoms with Crippen LogP contribution in [0.1, 0.15) is 36.8 Å². The lowest BCUT2D eigenvalue weighted by atomic mass is 9.89. The number of aryl methyl sites for hydroxylation is 1. The van der Waals surface area contributed by atoms with Crippen molar-refractivity contribution < 1.29 is 13.6 Å². The quantitative estimate of drug-likeness (QED) is 0.714. The van der Waals surface area contributed by atoms with Crippen LogP contribution >= 0.6 is 0 Å². The van der Waals surface area contributed by atoms with Gasteiger partial charge in [-0.15, -0.1) is 0 Å². The van der Waals surface area contributed by atoms with Gasteiger partial charge in [0.1, 0.15) is 5.78 Å². The van der Waals surface area contributed by atoms with Gasteiger partial charge in [-0.25, -0.2) is 8.78 Å². The Kier molecular flexibility index (Phi) is 2.78. The molecule has 1 aliphatic carbocycles. The van der Waals surface area contributed by atoms with Gasteiger partial charge < -0.3 is 0 Å². The first-order valence-electron chi connectivity index (χ1n) is 5.49. The van der Waals surface area contributed by atoms with Gasteiger partial charge in [0.25, 0.3) is 0 Å². The van der Waals surface area contributed by atoms with Gasteiger partial charge in [-0.2, -0.15) is 0 Å². The predicted octanol–water partition coefficient (Wildman–Crippen LogP) is 3.36. The van der Waals surface area contributed by atoms with E-state index in [2.05, 4.69) is 0 Å². The largest absolute Gasteiger partial charge is 0.299 e. The van der Waals surface area contributed by atoms with Crippen LogP contribution in [0.4, 0.5) is 8.78 Å². The van der Waals surface area contributed by atoms with Crippen LogP contribution in [0.3, 0.4) is 0 Å². The van der Waals surface area contributed by atoms with Gasteiger partial charge in [-0.05, 0) is 30.4 Å². The van der Waals surface area contributed by atoms with Crippen LogP contribution in [0.15, 0.2) is 12.1 Å². The number of hydrogen-bond acceptors (Lipinski definition) is 1. The Morgan fingerprint density at radius 2 is 1.94 bits per heavy atom. The van der Waals surface area contributed by atoms with E-state index in [9.17, 15) is 13.6 Å². The topological polar surface area (TPSA) is 17.1 Å². The van der Waals surface area contributed by atoms with Crippen LogP contribution in [0, 0.1) is 24.5 Å². The van der Waals surface area contributed by atoms with Crippen molar-refractivity contribution in [3.05, 3.63) is 34.9 Å². The van der Waals surface area contributed by atoms with E-state index in [1.54, 1.807) is 19.1 Å². The fourth-order valence-corrected chi connectivity index (χ4v) is 2.37. The summed E-state index contributed by atoms with van der Waals surface area (Å²) in [4.78, 5) is 11.4. The van der Waals surface area contributed by atoms with E-state index in [1.807, 2.05) is 0 Å². The minimum atomic E-state index is -0.788. The van der Waals surface area contributed by atoms with E-state index in [0.717, 1.165) is 0 Å². The summed E-state index contributed by atoms with van der Waals surface area (Å²) in [5.74, 6) is -1.79. The molecule has 1 saturated carbocycles. The summed E-state index contributed by atoms with van der Waals surface area (Å²) in [5, 5.41) is 0. The Morgan fingerprint density at radius 3 is 2.50 bits per heavy atom. The van der Waals surface area contributed by atoms with Crippen molar-refractivity contribution in [3.8, 4) is 0 Å². The molecule has 1 aliphatic rings. The Hall–Kier alpha value is -1.25. The summed E-state index contributed by atoms with van der Waals surface area (Å²) in [6, 6.07) is 3.18. The number of Topliss-reactive ketones (excluding diaryl/α,β-unsaturated/α-hetero) is 1. The minimum absolute atomic E-state index is 0.144. The van der Waals surface area contributed by atoms with Crippen molar-refractivity contribution in [2.45, 2.75) is 32.6 Å². The van der Waals surface area contributed by atoms with Gasteiger partial charge in [-0.3, -0.25) is 4.79 Å². The molecular weight excluding hydrogens is 210 g/mol. The Balaban J connectivity index is 2.42. The molecule has 0 N–H and O–H groups in total. The molecule has 0 bridgehead atoms. The van der Waals surface area contributed by atoms with E-state index >= 15 is 0 Å². The lowest BCUT2D eigenvalue weighted by molar-refractivity contribution is -0.120. The normalized spacial score (nSPS) is 25.1. The molecule has 86 valence electrons. The van der Waals surface area contributed by atoms with E-state index in [1.165, 1.54) is 6.92 Å². The van der Waals surface area contributed by atoms with E-state index in [-0.39, 0.29) is 17.6 Å². The molecule has 1 fully saturated rings. The van der Waals surface area contributed by atoms with Crippen LogP contribution in [-0.4, -0.2) is 5.78 Å². The summed E-state index contributed by atoms with van der Waals surface area (Å²) < 4.78 is 27.1. The van der Waals surface area contributed by atoms with Gasteiger partial charge in [0, 0.05) is 12.3 Å². The van der Waals surface area contributed by atoms with Crippen molar-refractivity contribution in [1.82, 2.24) is 0 Å². The number of ketones is 1. The molecule has 0 saturated heterocycles. The maximum atomic E-state index is 13.7. The van der Waals surface area contributed by atoms with Gasteiger partial charge in [0.15, 0.2) is 11.6 Å². The van der Waals surface area contributed by atoms with Gasteiger partial charge in [0.05, 0.1) is 0 Å². The number of benzene rings is 1. The highest BCUT2D eigenvalue weighted by atomic mass is 19.2. The standard InChI is InChI=1S/C13H14F2O/c1-7-3-4-10(13(15)12(7)14)9-5-6-11(16)8(9)2/h3-4,8-9H,5-6H2,1-2H3. The molecule has 0 spiro atoms. The zero-order valence-electron chi connectivity index (χ0n) is 9.39. The summed E-state index contributed by atoms with van der Waals surface area (Å²) in [5.41, 5.74) is 0.652. The average Bonchev–Trinajstić information content (AvgIpc) is 2.58. The van der Waals surface area contributed by atoms with Crippen molar-refractivity contribution in [3.63, 3.8) is 0 Å². The van der Waals surface area contributed by atoms with Gasteiger partial charge in [0.2, 0.25) is 0 Å². The van der Waals surface area contributed by atoms with Gasteiger partial charge in [-0.1, -0.05) is 19.1 Å². The summed E-state index contributed by atoms with van der Waals surface area (Å²) >= 11 is 0. The van der Waals surface area contributed by atoms with Crippen LogP contribution in [0.25, 0.3) is 0 Å². The highest BCUT2D eigenvalue weighted by molar-refractivity contribution is 5.84. The average molecular weight is 224 g/mol. The van der Waals surface area contributed by atoms with E-state index < -0.39 is 11.6 Å². The molecule has 0 amide bonds.